The van der Waals surface area contributed by atoms with E-state index in [-0.39, 0.29) is 36.0 Å². The second kappa shape index (κ2) is 9.97. The van der Waals surface area contributed by atoms with Crippen molar-refractivity contribution >= 4 is 28.4 Å². The number of amides is 1. The monoisotopic (exact) mass is 522 g/mol. The summed E-state index contributed by atoms with van der Waals surface area (Å²) in [7, 11) is 0. The van der Waals surface area contributed by atoms with Gasteiger partial charge in [-0.05, 0) is 42.5 Å². The van der Waals surface area contributed by atoms with Gasteiger partial charge in [-0.15, -0.1) is 0 Å². The molecule has 0 radical (unpaired) electrons. The molecule has 4 rings (SSSR count). The summed E-state index contributed by atoms with van der Waals surface area (Å²) in [5, 5.41) is 14.3. The lowest BCUT2D eigenvalue weighted by Crippen LogP contribution is -2.27. The van der Waals surface area contributed by atoms with E-state index in [1.54, 1.807) is 0 Å². The van der Waals surface area contributed by atoms with Gasteiger partial charge in [-0.2, -0.15) is 26.3 Å². The molecule has 1 amide bonds. The molecule has 0 spiro atoms. The third kappa shape index (κ3) is 5.74. The molecule has 14 heteroatoms. The minimum Gasteiger partial charge on any atom is -0.395 e. The molecule has 4 aromatic heterocycles. The lowest BCUT2D eigenvalue weighted by atomic mass is 10.1. The lowest BCUT2D eigenvalue weighted by Gasteiger charge is -2.14. The van der Waals surface area contributed by atoms with Crippen molar-refractivity contribution in [2.24, 2.45) is 0 Å². The standard InChI is InChI=1S/C23H16F6N6O2/c24-22(25,26)12-1-6-18(32-11-12)33-15-7-8-30-20-13(15)2-4-16(35-20)19-14(23(27,28)29)3-5-17(34-19)21(37)31-9-10-36/h1-8,11,36H,9-10H2,(H,31,37)(H,30,32,33,35). The van der Waals surface area contributed by atoms with Crippen LogP contribution in [-0.2, 0) is 12.4 Å². The number of aliphatic hydroxyl groups excluding tert-OH is 1. The molecule has 0 aliphatic rings. The average Bonchev–Trinajstić information content (AvgIpc) is 2.86. The lowest BCUT2D eigenvalue weighted by molar-refractivity contribution is -0.138. The maximum absolute atomic E-state index is 13.7. The van der Waals surface area contributed by atoms with Crippen molar-refractivity contribution in [3.05, 3.63) is 71.7 Å². The van der Waals surface area contributed by atoms with Crippen LogP contribution in [-0.4, -0.2) is 44.1 Å². The molecule has 0 aliphatic heterocycles. The number of carbonyl (C=O) groups is 1. The number of pyridine rings is 4. The van der Waals surface area contributed by atoms with Gasteiger partial charge < -0.3 is 15.7 Å². The molecule has 4 aromatic rings. The molecule has 0 aromatic carbocycles. The fourth-order valence-corrected chi connectivity index (χ4v) is 3.31. The van der Waals surface area contributed by atoms with Gasteiger partial charge in [0.1, 0.15) is 17.2 Å². The van der Waals surface area contributed by atoms with Crippen LogP contribution in [0.1, 0.15) is 21.6 Å². The summed E-state index contributed by atoms with van der Waals surface area (Å²) < 4.78 is 79.4. The minimum absolute atomic E-state index is 0.0134. The quantitative estimate of drug-likeness (QED) is 0.318. The fourth-order valence-electron chi connectivity index (χ4n) is 3.31. The summed E-state index contributed by atoms with van der Waals surface area (Å²) in [5.41, 5.74) is -2.82. The maximum Gasteiger partial charge on any atom is 0.418 e. The van der Waals surface area contributed by atoms with Crippen LogP contribution in [0.25, 0.3) is 22.4 Å². The maximum atomic E-state index is 13.7. The molecular weight excluding hydrogens is 506 g/mol. The van der Waals surface area contributed by atoms with Crippen LogP contribution in [0.3, 0.4) is 0 Å². The predicted molar refractivity (Wildman–Crippen MR) is 120 cm³/mol. The summed E-state index contributed by atoms with van der Waals surface area (Å²) in [5.74, 6) is -0.689. The Morgan fingerprint density at radius 3 is 2.32 bits per heavy atom. The molecule has 0 aliphatic carbocycles. The first-order valence-electron chi connectivity index (χ1n) is 10.5. The second-order valence-corrected chi connectivity index (χ2v) is 7.55. The van der Waals surface area contributed by atoms with Gasteiger partial charge in [0.25, 0.3) is 5.91 Å². The van der Waals surface area contributed by atoms with Gasteiger partial charge in [-0.25, -0.2) is 19.9 Å². The fraction of sp³-hybridized carbons (Fsp3) is 0.174. The Morgan fingerprint density at radius 1 is 0.892 bits per heavy atom. The molecular formula is C23H16F6N6O2. The zero-order valence-electron chi connectivity index (χ0n) is 18.5. The number of alkyl halides is 6. The highest BCUT2D eigenvalue weighted by atomic mass is 19.4. The van der Waals surface area contributed by atoms with E-state index in [0.29, 0.717) is 23.3 Å². The summed E-state index contributed by atoms with van der Waals surface area (Å²) in [6.45, 7) is -0.478. The van der Waals surface area contributed by atoms with Crippen LogP contribution < -0.4 is 10.6 Å². The van der Waals surface area contributed by atoms with Crippen LogP contribution in [0, 0.1) is 0 Å². The Balaban J connectivity index is 1.72. The average molecular weight is 522 g/mol. The number of halogens is 6. The zero-order chi connectivity index (χ0) is 26.8. The molecule has 0 fully saturated rings. The van der Waals surface area contributed by atoms with Crippen molar-refractivity contribution in [3.63, 3.8) is 0 Å². The topological polar surface area (TPSA) is 113 Å². The van der Waals surface area contributed by atoms with Gasteiger partial charge in [0.15, 0.2) is 5.65 Å². The number of anilines is 2. The number of fused-ring (bicyclic) bond motifs is 1. The number of nitrogens with zero attached hydrogens (tertiary/aromatic N) is 4. The van der Waals surface area contributed by atoms with Gasteiger partial charge >= 0.3 is 12.4 Å². The van der Waals surface area contributed by atoms with E-state index >= 15 is 0 Å². The molecule has 0 atom stereocenters. The molecule has 0 bridgehead atoms. The SMILES string of the molecule is O=C(NCCO)c1ccc(C(F)(F)F)c(-c2ccc3c(Nc4ccc(C(F)(F)F)cn4)ccnc3n2)n1. The van der Waals surface area contributed by atoms with Gasteiger partial charge in [-0.1, -0.05) is 0 Å². The molecule has 192 valence electrons. The Labute approximate surface area is 204 Å². The van der Waals surface area contributed by atoms with Crippen LogP contribution in [0.4, 0.5) is 37.8 Å². The summed E-state index contributed by atoms with van der Waals surface area (Å²) >= 11 is 0. The minimum atomic E-state index is -4.80. The molecule has 8 nitrogen and oxygen atoms in total. The highest BCUT2D eigenvalue weighted by Gasteiger charge is 2.35. The van der Waals surface area contributed by atoms with Crippen LogP contribution >= 0.6 is 0 Å². The number of nitrogens with one attached hydrogen (secondary N) is 2. The number of hydrogen-bond donors (Lipinski definition) is 3. The van der Waals surface area contributed by atoms with E-state index in [2.05, 4.69) is 30.6 Å². The molecule has 3 N–H and O–H groups in total. The van der Waals surface area contributed by atoms with Crippen molar-refractivity contribution in [1.82, 2.24) is 25.3 Å². The van der Waals surface area contributed by atoms with Gasteiger partial charge in [0.2, 0.25) is 0 Å². The second-order valence-electron chi connectivity index (χ2n) is 7.55. The van der Waals surface area contributed by atoms with E-state index in [9.17, 15) is 31.1 Å². The molecule has 0 saturated heterocycles. The Hall–Kier alpha value is -4.33. The van der Waals surface area contributed by atoms with E-state index in [1.807, 2.05) is 0 Å². The largest absolute Gasteiger partial charge is 0.418 e. The third-order valence-electron chi connectivity index (χ3n) is 5.03. The third-order valence-corrected chi connectivity index (χ3v) is 5.03. The first kappa shape index (κ1) is 25.8. The predicted octanol–water partition coefficient (Wildman–Crippen LogP) is 4.59. The van der Waals surface area contributed by atoms with Gasteiger partial charge in [0.05, 0.1) is 29.1 Å². The van der Waals surface area contributed by atoms with Crippen LogP contribution in [0.2, 0.25) is 0 Å². The number of carbonyl (C=O) groups excluding carboxylic acids is 1. The first-order valence-corrected chi connectivity index (χ1v) is 10.5. The van der Waals surface area contributed by atoms with Crippen molar-refractivity contribution in [2.45, 2.75) is 12.4 Å². The highest BCUT2D eigenvalue weighted by molar-refractivity contribution is 5.94. The normalized spacial score (nSPS) is 12.0. The summed E-state index contributed by atoms with van der Waals surface area (Å²) in [4.78, 5) is 28.0. The number of aromatic nitrogens is 4. The van der Waals surface area contributed by atoms with Crippen LogP contribution in [0.5, 0.6) is 0 Å². The molecule has 4 heterocycles. The number of aliphatic hydroxyl groups is 1. The Bertz CT molecular complexity index is 1440. The first-order chi connectivity index (χ1) is 17.5. The highest BCUT2D eigenvalue weighted by Crippen LogP contribution is 2.36. The van der Waals surface area contributed by atoms with Crippen LogP contribution in [0.15, 0.2) is 54.9 Å². The molecule has 37 heavy (non-hydrogen) atoms. The van der Waals surface area contributed by atoms with E-state index < -0.39 is 35.1 Å². The summed E-state index contributed by atoms with van der Waals surface area (Å²) in [6.07, 6.45) is -7.38. The smallest absolute Gasteiger partial charge is 0.395 e. The Kier molecular flexibility index (Phi) is 6.94. The number of rotatable bonds is 6. The van der Waals surface area contributed by atoms with Crippen molar-refractivity contribution in [3.8, 4) is 11.4 Å². The van der Waals surface area contributed by atoms with E-state index in [0.717, 1.165) is 18.2 Å². The zero-order valence-corrected chi connectivity index (χ0v) is 18.5. The molecule has 0 unspecified atom stereocenters. The van der Waals surface area contributed by atoms with Gasteiger partial charge in [-0.3, -0.25) is 4.79 Å². The number of hydrogen-bond acceptors (Lipinski definition) is 7. The van der Waals surface area contributed by atoms with Crippen molar-refractivity contribution < 1.29 is 36.2 Å². The summed E-state index contributed by atoms with van der Waals surface area (Å²) in [6, 6.07) is 7.77. The van der Waals surface area contributed by atoms with E-state index in [4.69, 9.17) is 5.11 Å². The molecule has 0 saturated carbocycles. The van der Waals surface area contributed by atoms with E-state index in [1.165, 1.54) is 24.4 Å². The van der Waals surface area contributed by atoms with Gasteiger partial charge in [0, 0.05) is 24.3 Å². The van der Waals surface area contributed by atoms with Crippen molar-refractivity contribution in [1.29, 1.82) is 0 Å². The Morgan fingerprint density at radius 2 is 1.68 bits per heavy atom. The van der Waals surface area contributed by atoms with Crippen molar-refractivity contribution in [2.75, 3.05) is 18.5 Å².